The van der Waals surface area contributed by atoms with Gasteiger partial charge < -0.3 is 19.3 Å². The molecule has 1 aromatic carbocycles. The van der Waals surface area contributed by atoms with Crippen LogP contribution in [-0.2, 0) is 6.61 Å². The van der Waals surface area contributed by atoms with Crippen molar-refractivity contribution in [3.63, 3.8) is 0 Å². The molecule has 1 aliphatic rings. The van der Waals surface area contributed by atoms with Crippen LogP contribution in [0.15, 0.2) is 23.6 Å². The van der Waals surface area contributed by atoms with Crippen molar-refractivity contribution in [1.82, 2.24) is 0 Å². The van der Waals surface area contributed by atoms with Gasteiger partial charge in [0.05, 0.1) is 5.02 Å². The molecule has 2 aromatic rings. The van der Waals surface area contributed by atoms with Gasteiger partial charge in [0.15, 0.2) is 11.5 Å². The van der Waals surface area contributed by atoms with Crippen molar-refractivity contribution >= 4 is 28.9 Å². The molecule has 5 nitrogen and oxygen atoms in total. The summed E-state index contributed by atoms with van der Waals surface area (Å²) in [4.78, 5) is 11.0. The standard InChI is InChI=1S/C13H9ClO5S/c14-9-1-7(2-10-12(9)19-6-18-10)4-17-8-3-11(13(15)16)20-5-8/h1-3,5H,4,6H2,(H,15,16). The highest BCUT2D eigenvalue weighted by molar-refractivity contribution is 7.12. The zero-order chi connectivity index (χ0) is 14.1. The minimum absolute atomic E-state index is 0.159. The fourth-order valence-electron chi connectivity index (χ4n) is 1.78. The van der Waals surface area contributed by atoms with Crippen molar-refractivity contribution in [2.75, 3.05) is 6.79 Å². The third-order valence-corrected chi connectivity index (χ3v) is 3.86. The lowest BCUT2D eigenvalue weighted by Gasteiger charge is -2.06. The molecule has 0 spiro atoms. The zero-order valence-corrected chi connectivity index (χ0v) is 11.7. The Labute approximate surface area is 123 Å². The molecule has 1 N–H and O–H groups in total. The number of carboxylic acid groups (broad SMARTS) is 1. The number of hydrogen-bond acceptors (Lipinski definition) is 5. The third kappa shape index (κ3) is 2.52. The first-order valence-electron chi connectivity index (χ1n) is 5.66. The molecule has 3 rings (SSSR count). The van der Waals surface area contributed by atoms with E-state index in [9.17, 15) is 4.79 Å². The largest absolute Gasteiger partial charge is 0.488 e. The lowest BCUT2D eigenvalue weighted by Crippen LogP contribution is -1.95. The van der Waals surface area contributed by atoms with Crippen molar-refractivity contribution in [1.29, 1.82) is 0 Å². The van der Waals surface area contributed by atoms with Crippen LogP contribution in [0.25, 0.3) is 0 Å². The number of carboxylic acids is 1. The van der Waals surface area contributed by atoms with Crippen LogP contribution in [0.3, 0.4) is 0 Å². The summed E-state index contributed by atoms with van der Waals surface area (Å²) >= 11 is 7.19. The van der Waals surface area contributed by atoms with Crippen LogP contribution in [0.4, 0.5) is 0 Å². The molecule has 0 atom stereocenters. The molecule has 7 heteroatoms. The average Bonchev–Trinajstić information content (AvgIpc) is 3.05. The van der Waals surface area contributed by atoms with Crippen molar-refractivity contribution in [2.24, 2.45) is 0 Å². The van der Waals surface area contributed by atoms with Crippen molar-refractivity contribution in [2.45, 2.75) is 6.61 Å². The Kier molecular flexibility index (Phi) is 3.42. The summed E-state index contributed by atoms with van der Waals surface area (Å²) < 4.78 is 16.0. The van der Waals surface area contributed by atoms with Crippen molar-refractivity contribution in [3.8, 4) is 17.2 Å². The fourth-order valence-corrected chi connectivity index (χ4v) is 2.73. The number of rotatable bonds is 4. The molecular formula is C13H9ClO5S. The van der Waals surface area contributed by atoms with Gasteiger partial charge in [-0.1, -0.05) is 11.6 Å². The molecule has 104 valence electrons. The van der Waals surface area contributed by atoms with Gasteiger partial charge in [0.25, 0.3) is 0 Å². The first-order chi connectivity index (χ1) is 9.63. The summed E-state index contributed by atoms with van der Waals surface area (Å²) in [6.07, 6.45) is 0. The molecule has 0 bridgehead atoms. The van der Waals surface area contributed by atoms with Crippen LogP contribution in [0, 0.1) is 0 Å². The topological polar surface area (TPSA) is 65.0 Å². The first kappa shape index (κ1) is 13.1. The summed E-state index contributed by atoms with van der Waals surface area (Å²) in [6, 6.07) is 5.01. The van der Waals surface area contributed by atoms with Crippen LogP contribution in [0.5, 0.6) is 17.2 Å². The molecule has 0 saturated heterocycles. The zero-order valence-electron chi connectivity index (χ0n) is 10.1. The number of carbonyl (C=O) groups is 1. The Morgan fingerprint density at radius 2 is 2.25 bits per heavy atom. The van der Waals surface area contributed by atoms with E-state index in [4.69, 9.17) is 30.9 Å². The summed E-state index contributed by atoms with van der Waals surface area (Å²) in [5.41, 5.74) is 0.822. The second kappa shape index (κ2) is 5.22. The SMILES string of the molecule is O=C(O)c1cc(OCc2cc(Cl)c3c(c2)OCO3)cs1. The van der Waals surface area contributed by atoms with Gasteiger partial charge in [-0.25, -0.2) is 4.79 Å². The van der Waals surface area contributed by atoms with Crippen molar-refractivity contribution < 1.29 is 24.1 Å². The molecule has 0 aliphatic carbocycles. The highest BCUT2D eigenvalue weighted by Crippen LogP contribution is 2.40. The van der Waals surface area contributed by atoms with Gasteiger partial charge in [-0.15, -0.1) is 11.3 Å². The highest BCUT2D eigenvalue weighted by atomic mass is 35.5. The maximum absolute atomic E-state index is 10.8. The summed E-state index contributed by atoms with van der Waals surface area (Å²) in [6.45, 7) is 0.429. The van der Waals surface area contributed by atoms with Gasteiger partial charge in [0.2, 0.25) is 6.79 Å². The second-order valence-corrected chi connectivity index (χ2v) is 5.37. The normalized spacial score (nSPS) is 12.4. The number of halogens is 1. The maximum atomic E-state index is 10.8. The van der Waals surface area contributed by atoms with E-state index in [-0.39, 0.29) is 18.3 Å². The number of fused-ring (bicyclic) bond motifs is 1. The first-order valence-corrected chi connectivity index (χ1v) is 6.92. The number of benzene rings is 1. The van der Waals surface area contributed by atoms with Crippen molar-refractivity contribution in [3.05, 3.63) is 39.0 Å². The lowest BCUT2D eigenvalue weighted by molar-refractivity contribution is 0.0702. The van der Waals surface area contributed by atoms with Crippen LogP contribution >= 0.6 is 22.9 Å². The predicted octanol–water partition coefficient (Wildman–Crippen LogP) is 3.41. The molecule has 0 fully saturated rings. The van der Waals surface area contributed by atoms with Crippen LogP contribution in [-0.4, -0.2) is 17.9 Å². The lowest BCUT2D eigenvalue weighted by atomic mass is 10.2. The van der Waals surface area contributed by atoms with Gasteiger partial charge in [0.1, 0.15) is 17.2 Å². The van der Waals surface area contributed by atoms with Gasteiger partial charge in [-0.3, -0.25) is 0 Å². The Morgan fingerprint density at radius 1 is 1.40 bits per heavy atom. The number of hydrogen-bond donors (Lipinski definition) is 1. The number of thiophene rings is 1. The van der Waals surface area contributed by atoms with E-state index in [1.165, 1.54) is 6.07 Å². The molecule has 0 amide bonds. The fraction of sp³-hybridized carbons (Fsp3) is 0.154. The van der Waals surface area contributed by atoms with E-state index in [1.807, 2.05) is 0 Å². The second-order valence-electron chi connectivity index (χ2n) is 4.05. The quantitative estimate of drug-likeness (QED) is 0.937. The van der Waals surface area contributed by atoms with Gasteiger partial charge in [-0.05, 0) is 17.7 Å². The molecule has 0 radical (unpaired) electrons. The Bertz CT molecular complexity index is 667. The number of aromatic carboxylic acids is 1. The monoisotopic (exact) mass is 312 g/mol. The minimum atomic E-state index is -0.962. The average molecular weight is 313 g/mol. The third-order valence-electron chi connectivity index (χ3n) is 2.68. The summed E-state index contributed by atoms with van der Waals surface area (Å²) in [5.74, 6) is 0.684. The molecular weight excluding hydrogens is 304 g/mol. The minimum Gasteiger partial charge on any atom is -0.488 e. The molecule has 20 heavy (non-hydrogen) atoms. The van der Waals surface area contributed by atoms with E-state index in [0.717, 1.165) is 16.9 Å². The van der Waals surface area contributed by atoms with Crippen LogP contribution < -0.4 is 14.2 Å². The van der Waals surface area contributed by atoms with E-state index >= 15 is 0 Å². The summed E-state index contributed by atoms with van der Waals surface area (Å²) in [7, 11) is 0. The van der Waals surface area contributed by atoms with Crippen LogP contribution in [0.1, 0.15) is 15.2 Å². The maximum Gasteiger partial charge on any atom is 0.346 e. The Hall–Kier alpha value is -1.92. The van der Waals surface area contributed by atoms with Gasteiger partial charge >= 0.3 is 5.97 Å². The van der Waals surface area contributed by atoms with E-state index in [1.54, 1.807) is 17.5 Å². The smallest absolute Gasteiger partial charge is 0.346 e. The molecule has 1 aliphatic heterocycles. The van der Waals surface area contributed by atoms with Crippen LogP contribution in [0.2, 0.25) is 5.02 Å². The molecule has 0 unspecified atom stereocenters. The van der Waals surface area contributed by atoms with E-state index in [2.05, 4.69) is 0 Å². The van der Waals surface area contributed by atoms with Gasteiger partial charge in [0, 0.05) is 11.4 Å². The molecule has 1 aromatic heterocycles. The molecule has 0 saturated carbocycles. The highest BCUT2D eigenvalue weighted by Gasteiger charge is 2.18. The number of ether oxygens (including phenoxy) is 3. The Balaban J connectivity index is 1.72. The van der Waals surface area contributed by atoms with E-state index < -0.39 is 5.97 Å². The Morgan fingerprint density at radius 3 is 3.00 bits per heavy atom. The summed E-state index contributed by atoms with van der Waals surface area (Å²) in [5, 5.41) is 11.0. The van der Waals surface area contributed by atoms with Gasteiger partial charge in [-0.2, -0.15) is 0 Å². The molecule has 2 heterocycles. The predicted molar refractivity (Wildman–Crippen MR) is 73.2 cm³/mol. The van der Waals surface area contributed by atoms with E-state index in [0.29, 0.717) is 22.3 Å².